The monoisotopic (exact) mass is 206 g/mol. The van der Waals surface area contributed by atoms with Crippen molar-refractivity contribution in [1.29, 1.82) is 0 Å². The highest BCUT2D eigenvalue weighted by molar-refractivity contribution is 6.69. The minimum atomic E-state index is -0.842. The molecule has 0 atom stereocenters. The molecule has 0 aromatic carbocycles. The molecule has 2 N–H and O–H groups in total. The van der Waals surface area contributed by atoms with Crippen molar-refractivity contribution in [1.82, 2.24) is 5.23 Å². The van der Waals surface area contributed by atoms with E-state index in [1.807, 2.05) is 0 Å². The molecule has 0 amide bonds. The molecule has 4 saturated carbocycles. The van der Waals surface area contributed by atoms with Crippen LogP contribution in [-0.4, -0.2) is 23.9 Å². The molecular formula is C11H17BNO2. The molecule has 0 heterocycles. The summed E-state index contributed by atoms with van der Waals surface area (Å²) in [6, 6.07) is 0. The molecule has 1 radical (unpaired) electrons. The van der Waals surface area contributed by atoms with Crippen LogP contribution in [-0.2, 0) is 0 Å². The van der Waals surface area contributed by atoms with Gasteiger partial charge in [0.05, 0.1) is 0 Å². The van der Waals surface area contributed by atoms with E-state index in [2.05, 4.69) is 5.23 Å². The van der Waals surface area contributed by atoms with Gasteiger partial charge in [-0.2, -0.15) is 0 Å². The SMILES string of the molecule is O=C(O)[B]NC12CC3CC(CC(C3)C1)C2. The Balaban J connectivity index is 1.72. The highest BCUT2D eigenvalue weighted by Gasteiger charge is 2.50. The van der Waals surface area contributed by atoms with Gasteiger partial charge < -0.3 is 10.3 Å². The van der Waals surface area contributed by atoms with Crippen LogP contribution in [0.5, 0.6) is 0 Å². The summed E-state index contributed by atoms with van der Waals surface area (Å²) >= 11 is 0. The summed E-state index contributed by atoms with van der Waals surface area (Å²) < 4.78 is 0. The van der Waals surface area contributed by atoms with Crippen LogP contribution >= 0.6 is 0 Å². The molecule has 4 bridgehead atoms. The molecular weight excluding hydrogens is 189 g/mol. The fourth-order valence-corrected chi connectivity index (χ4v) is 4.50. The van der Waals surface area contributed by atoms with Gasteiger partial charge in [0.2, 0.25) is 0 Å². The minimum Gasteiger partial charge on any atom is -0.488 e. The van der Waals surface area contributed by atoms with Crippen LogP contribution in [0.15, 0.2) is 0 Å². The topological polar surface area (TPSA) is 49.3 Å². The second kappa shape index (κ2) is 3.24. The Kier molecular flexibility index (Phi) is 2.10. The number of hydrogen-bond acceptors (Lipinski definition) is 2. The van der Waals surface area contributed by atoms with Crippen LogP contribution in [0, 0.1) is 17.8 Å². The fourth-order valence-electron chi connectivity index (χ4n) is 4.50. The van der Waals surface area contributed by atoms with Gasteiger partial charge in [0, 0.05) is 5.54 Å². The normalized spacial score (nSPS) is 46.8. The van der Waals surface area contributed by atoms with E-state index in [9.17, 15) is 4.79 Å². The summed E-state index contributed by atoms with van der Waals surface area (Å²) in [6.07, 6.45) is 7.78. The highest BCUT2D eigenvalue weighted by Crippen LogP contribution is 2.55. The Labute approximate surface area is 90.9 Å². The Bertz CT molecular complexity index is 257. The number of carbonyl (C=O) groups is 1. The maximum absolute atomic E-state index is 10.6. The quantitative estimate of drug-likeness (QED) is 0.692. The zero-order chi connectivity index (χ0) is 10.5. The van der Waals surface area contributed by atoms with Gasteiger partial charge in [0.25, 0.3) is 5.87 Å². The van der Waals surface area contributed by atoms with Gasteiger partial charge in [-0.05, 0) is 56.3 Å². The predicted molar refractivity (Wildman–Crippen MR) is 57.8 cm³/mol. The van der Waals surface area contributed by atoms with Crippen molar-refractivity contribution in [2.24, 2.45) is 17.8 Å². The molecule has 0 aromatic heterocycles. The number of carboxylic acid groups (broad SMARTS) is 1. The molecule has 15 heavy (non-hydrogen) atoms. The fraction of sp³-hybridized carbons (Fsp3) is 0.909. The summed E-state index contributed by atoms with van der Waals surface area (Å²) in [5, 5.41) is 11.9. The van der Waals surface area contributed by atoms with E-state index < -0.39 is 5.87 Å². The highest BCUT2D eigenvalue weighted by atomic mass is 16.4. The van der Waals surface area contributed by atoms with Crippen LogP contribution in [0.25, 0.3) is 0 Å². The second-order valence-corrected chi connectivity index (χ2v) is 5.82. The van der Waals surface area contributed by atoms with Crippen LogP contribution in [0.2, 0.25) is 0 Å². The molecule has 81 valence electrons. The molecule has 3 nitrogen and oxygen atoms in total. The maximum atomic E-state index is 10.6. The third-order valence-electron chi connectivity index (χ3n) is 4.54. The molecule has 4 fully saturated rings. The summed E-state index contributed by atoms with van der Waals surface area (Å²) in [5.41, 5.74) is 0.146. The van der Waals surface area contributed by atoms with E-state index >= 15 is 0 Å². The zero-order valence-electron chi connectivity index (χ0n) is 8.91. The molecule has 4 rings (SSSR count). The lowest BCUT2D eigenvalue weighted by Crippen LogP contribution is -2.60. The molecule has 4 aliphatic rings. The number of rotatable bonds is 3. The van der Waals surface area contributed by atoms with E-state index in [0.29, 0.717) is 0 Å². The molecule has 0 saturated heterocycles. The molecule has 4 aliphatic carbocycles. The van der Waals surface area contributed by atoms with Gasteiger partial charge in [-0.15, -0.1) is 0 Å². The van der Waals surface area contributed by atoms with E-state index in [1.165, 1.54) is 45.9 Å². The lowest BCUT2D eigenvalue weighted by atomic mass is 9.52. The van der Waals surface area contributed by atoms with Crippen molar-refractivity contribution in [3.05, 3.63) is 0 Å². The van der Waals surface area contributed by atoms with E-state index in [-0.39, 0.29) is 5.54 Å². The van der Waals surface area contributed by atoms with Crippen molar-refractivity contribution in [2.45, 2.75) is 44.1 Å². The standard InChI is InChI=1S/C11H17BNO2/c14-10(15)12-13-11-4-7-1-8(5-11)3-9(2-7)6-11/h7-9,13H,1-6H2,(H,14,15). The summed E-state index contributed by atoms with van der Waals surface area (Å²) in [7, 11) is 1.26. The predicted octanol–water partition coefficient (Wildman–Crippen LogP) is 1.84. The van der Waals surface area contributed by atoms with Crippen molar-refractivity contribution >= 4 is 13.3 Å². The second-order valence-electron chi connectivity index (χ2n) is 5.82. The third kappa shape index (κ3) is 1.69. The van der Waals surface area contributed by atoms with Gasteiger partial charge in [-0.3, -0.25) is 4.79 Å². The lowest BCUT2D eigenvalue weighted by Gasteiger charge is -2.57. The van der Waals surface area contributed by atoms with Crippen molar-refractivity contribution in [3.8, 4) is 0 Å². The van der Waals surface area contributed by atoms with Crippen LogP contribution < -0.4 is 5.23 Å². The van der Waals surface area contributed by atoms with Crippen molar-refractivity contribution < 1.29 is 9.90 Å². The smallest absolute Gasteiger partial charge is 0.354 e. The number of nitrogens with one attached hydrogen (secondary N) is 1. The van der Waals surface area contributed by atoms with Gasteiger partial charge in [0.1, 0.15) is 0 Å². The van der Waals surface area contributed by atoms with Crippen molar-refractivity contribution in [2.75, 3.05) is 0 Å². The molecule has 0 spiro atoms. The Morgan fingerprint density at radius 1 is 1.13 bits per heavy atom. The minimum absolute atomic E-state index is 0.146. The van der Waals surface area contributed by atoms with Gasteiger partial charge in [-0.1, -0.05) is 0 Å². The van der Waals surface area contributed by atoms with Gasteiger partial charge in [0.15, 0.2) is 0 Å². The Hall–Kier alpha value is -0.505. The third-order valence-corrected chi connectivity index (χ3v) is 4.54. The van der Waals surface area contributed by atoms with Crippen LogP contribution in [0.1, 0.15) is 38.5 Å². The molecule has 0 aliphatic heterocycles. The summed E-state index contributed by atoms with van der Waals surface area (Å²) in [4.78, 5) is 10.6. The molecule has 0 unspecified atom stereocenters. The summed E-state index contributed by atoms with van der Waals surface area (Å²) in [6.45, 7) is 0. The molecule has 4 heteroatoms. The average Bonchev–Trinajstić information content (AvgIpc) is 2.12. The van der Waals surface area contributed by atoms with E-state index in [1.54, 1.807) is 0 Å². The van der Waals surface area contributed by atoms with Gasteiger partial charge >= 0.3 is 7.41 Å². The van der Waals surface area contributed by atoms with E-state index in [0.717, 1.165) is 17.8 Å². The van der Waals surface area contributed by atoms with E-state index in [4.69, 9.17) is 5.11 Å². The first-order chi connectivity index (χ1) is 7.15. The largest absolute Gasteiger partial charge is 0.488 e. The maximum Gasteiger partial charge on any atom is 0.354 e. The first kappa shape index (κ1) is 9.70. The number of hydrogen-bond donors (Lipinski definition) is 2. The van der Waals surface area contributed by atoms with Gasteiger partial charge in [-0.25, -0.2) is 0 Å². The first-order valence-corrected chi connectivity index (χ1v) is 5.99. The average molecular weight is 206 g/mol. The molecule has 0 aromatic rings. The van der Waals surface area contributed by atoms with Crippen LogP contribution in [0.3, 0.4) is 0 Å². The van der Waals surface area contributed by atoms with Crippen LogP contribution in [0.4, 0.5) is 4.79 Å². The summed E-state index contributed by atoms with van der Waals surface area (Å²) in [5.74, 6) is 1.76. The zero-order valence-corrected chi connectivity index (χ0v) is 8.91. The lowest BCUT2D eigenvalue weighted by molar-refractivity contribution is -0.00854. The van der Waals surface area contributed by atoms with Crippen molar-refractivity contribution in [3.63, 3.8) is 0 Å². The first-order valence-electron chi connectivity index (χ1n) is 5.99. The Morgan fingerprint density at radius 2 is 1.60 bits per heavy atom. The Morgan fingerprint density at radius 3 is 2.00 bits per heavy atom.